The van der Waals surface area contributed by atoms with Crippen LogP contribution in [0.3, 0.4) is 0 Å². The maximum atomic E-state index is 5.63. The Labute approximate surface area is 96.8 Å². The standard InChI is InChI=1S/C11H20ClN3/c1-3-10(4-2)8-15-9-11(13-14-15)6-5-7-12/h9-10H,3-8H2,1-2H3. The molecule has 0 aliphatic carbocycles. The summed E-state index contributed by atoms with van der Waals surface area (Å²) in [4.78, 5) is 0. The van der Waals surface area contributed by atoms with Gasteiger partial charge in [0, 0.05) is 18.6 Å². The molecule has 1 aromatic rings. The zero-order valence-electron chi connectivity index (χ0n) is 9.62. The minimum absolute atomic E-state index is 0.694. The van der Waals surface area contributed by atoms with Crippen LogP contribution in [0.4, 0.5) is 0 Å². The molecule has 0 aliphatic rings. The van der Waals surface area contributed by atoms with Crippen molar-refractivity contribution in [3.05, 3.63) is 11.9 Å². The average Bonchev–Trinajstić information content (AvgIpc) is 2.70. The SMILES string of the molecule is CCC(CC)Cn1cc(CCCCl)nn1. The molecular weight excluding hydrogens is 210 g/mol. The molecule has 1 heterocycles. The Morgan fingerprint density at radius 2 is 2.13 bits per heavy atom. The van der Waals surface area contributed by atoms with Crippen molar-refractivity contribution in [3.63, 3.8) is 0 Å². The number of hydrogen-bond donors (Lipinski definition) is 0. The summed E-state index contributed by atoms with van der Waals surface area (Å²) >= 11 is 5.63. The highest BCUT2D eigenvalue weighted by atomic mass is 35.5. The molecule has 86 valence electrons. The molecule has 3 nitrogen and oxygen atoms in total. The Bertz CT molecular complexity index is 269. The van der Waals surface area contributed by atoms with Crippen molar-refractivity contribution in [1.29, 1.82) is 0 Å². The average molecular weight is 230 g/mol. The second-order valence-electron chi connectivity index (χ2n) is 3.91. The fourth-order valence-electron chi connectivity index (χ4n) is 1.60. The van der Waals surface area contributed by atoms with Gasteiger partial charge in [0.25, 0.3) is 0 Å². The molecule has 0 atom stereocenters. The number of aromatic nitrogens is 3. The zero-order chi connectivity index (χ0) is 11.1. The Kier molecular flexibility index (Phi) is 5.69. The third-order valence-corrected chi connectivity index (χ3v) is 3.02. The molecule has 0 unspecified atom stereocenters. The van der Waals surface area contributed by atoms with E-state index in [1.807, 2.05) is 10.9 Å². The molecule has 0 fully saturated rings. The van der Waals surface area contributed by atoms with E-state index in [1.54, 1.807) is 0 Å². The third kappa shape index (κ3) is 4.20. The predicted molar refractivity (Wildman–Crippen MR) is 63.1 cm³/mol. The number of nitrogens with zero attached hydrogens (tertiary/aromatic N) is 3. The largest absolute Gasteiger partial charge is 0.252 e. The molecular formula is C11H20ClN3. The lowest BCUT2D eigenvalue weighted by Gasteiger charge is -2.10. The smallest absolute Gasteiger partial charge is 0.0827 e. The van der Waals surface area contributed by atoms with Crippen molar-refractivity contribution in [2.24, 2.45) is 5.92 Å². The van der Waals surface area contributed by atoms with Gasteiger partial charge >= 0.3 is 0 Å². The minimum Gasteiger partial charge on any atom is -0.252 e. The highest BCUT2D eigenvalue weighted by Crippen LogP contribution is 2.10. The van der Waals surface area contributed by atoms with E-state index in [4.69, 9.17) is 11.6 Å². The first kappa shape index (κ1) is 12.5. The van der Waals surface area contributed by atoms with E-state index in [0.717, 1.165) is 25.1 Å². The molecule has 15 heavy (non-hydrogen) atoms. The predicted octanol–water partition coefficient (Wildman–Crippen LogP) is 2.89. The van der Waals surface area contributed by atoms with Gasteiger partial charge in [-0.2, -0.15) is 0 Å². The lowest BCUT2D eigenvalue weighted by Crippen LogP contribution is -2.09. The van der Waals surface area contributed by atoms with Crippen molar-refractivity contribution >= 4 is 11.6 Å². The molecule has 0 bridgehead atoms. The summed E-state index contributed by atoms with van der Waals surface area (Å²) < 4.78 is 1.96. The third-order valence-electron chi connectivity index (χ3n) is 2.75. The van der Waals surface area contributed by atoms with Gasteiger partial charge in [-0.05, 0) is 18.8 Å². The Morgan fingerprint density at radius 1 is 1.40 bits per heavy atom. The van der Waals surface area contributed by atoms with Crippen molar-refractivity contribution in [2.45, 2.75) is 46.1 Å². The van der Waals surface area contributed by atoms with Crippen LogP contribution in [-0.2, 0) is 13.0 Å². The summed E-state index contributed by atoms with van der Waals surface area (Å²) in [6.45, 7) is 5.43. The molecule has 4 heteroatoms. The molecule has 0 saturated carbocycles. The quantitative estimate of drug-likeness (QED) is 0.674. The number of alkyl halides is 1. The monoisotopic (exact) mass is 229 g/mol. The highest BCUT2D eigenvalue weighted by Gasteiger charge is 2.06. The molecule has 0 saturated heterocycles. The number of hydrogen-bond acceptors (Lipinski definition) is 2. The molecule has 0 N–H and O–H groups in total. The van der Waals surface area contributed by atoms with Crippen molar-refractivity contribution in [3.8, 4) is 0 Å². The highest BCUT2D eigenvalue weighted by molar-refractivity contribution is 6.17. The molecule has 0 aromatic carbocycles. The van der Waals surface area contributed by atoms with Gasteiger partial charge in [0.1, 0.15) is 0 Å². The lowest BCUT2D eigenvalue weighted by molar-refractivity contribution is 0.390. The van der Waals surface area contributed by atoms with Crippen LogP contribution in [0.15, 0.2) is 6.20 Å². The van der Waals surface area contributed by atoms with E-state index >= 15 is 0 Å². The number of rotatable bonds is 7. The number of aryl methyl sites for hydroxylation is 1. The van der Waals surface area contributed by atoms with Crippen LogP contribution >= 0.6 is 11.6 Å². The second kappa shape index (κ2) is 6.83. The van der Waals surface area contributed by atoms with E-state index in [1.165, 1.54) is 12.8 Å². The van der Waals surface area contributed by atoms with Gasteiger partial charge in [0.2, 0.25) is 0 Å². The maximum absolute atomic E-state index is 5.63. The Hall–Kier alpha value is -0.570. The Morgan fingerprint density at radius 3 is 2.73 bits per heavy atom. The number of halogens is 1. The van der Waals surface area contributed by atoms with E-state index < -0.39 is 0 Å². The minimum atomic E-state index is 0.694. The van der Waals surface area contributed by atoms with E-state index in [0.29, 0.717) is 11.8 Å². The Balaban J connectivity index is 2.44. The van der Waals surface area contributed by atoms with Crippen LogP contribution in [0.1, 0.15) is 38.8 Å². The van der Waals surface area contributed by atoms with Crippen LogP contribution in [0.5, 0.6) is 0 Å². The van der Waals surface area contributed by atoms with Crippen molar-refractivity contribution in [2.75, 3.05) is 5.88 Å². The molecule has 0 spiro atoms. The van der Waals surface area contributed by atoms with Gasteiger partial charge in [-0.15, -0.1) is 16.7 Å². The van der Waals surface area contributed by atoms with Crippen LogP contribution in [-0.4, -0.2) is 20.9 Å². The topological polar surface area (TPSA) is 30.7 Å². The summed E-state index contributed by atoms with van der Waals surface area (Å²) in [7, 11) is 0. The molecule has 1 aromatic heterocycles. The lowest BCUT2D eigenvalue weighted by atomic mass is 10.0. The summed E-state index contributed by atoms with van der Waals surface area (Å²) in [5.41, 5.74) is 1.06. The summed E-state index contributed by atoms with van der Waals surface area (Å²) in [6.07, 6.45) is 6.36. The summed E-state index contributed by atoms with van der Waals surface area (Å²) in [6, 6.07) is 0. The van der Waals surface area contributed by atoms with Crippen LogP contribution in [0.25, 0.3) is 0 Å². The van der Waals surface area contributed by atoms with Gasteiger partial charge in [0.15, 0.2) is 0 Å². The van der Waals surface area contributed by atoms with Crippen LogP contribution in [0.2, 0.25) is 0 Å². The summed E-state index contributed by atoms with van der Waals surface area (Å²) in [5, 5.41) is 8.26. The van der Waals surface area contributed by atoms with E-state index in [2.05, 4.69) is 24.2 Å². The second-order valence-corrected chi connectivity index (χ2v) is 4.28. The van der Waals surface area contributed by atoms with E-state index in [-0.39, 0.29) is 0 Å². The first-order chi connectivity index (χ1) is 7.30. The van der Waals surface area contributed by atoms with E-state index in [9.17, 15) is 0 Å². The van der Waals surface area contributed by atoms with Crippen LogP contribution in [0, 0.1) is 5.92 Å². The fourth-order valence-corrected chi connectivity index (χ4v) is 1.74. The van der Waals surface area contributed by atoms with Gasteiger partial charge in [-0.1, -0.05) is 31.9 Å². The zero-order valence-corrected chi connectivity index (χ0v) is 10.4. The van der Waals surface area contributed by atoms with Crippen LogP contribution < -0.4 is 0 Å². The van der Waals surface area contributed by atoms with Gasteiger partial charge in [0.05, 0.1) is 5.69 Å². The molecule has 0 aliphatic heterocycles. The van der Waals surface area contributed by atoms with Gasteiger partial charge in [-0.3, -0.25) is 4.68 Å². The fraction of sp³-hybridized carbons (Fsp3) is 0.818. The normalized spacial score (nSPS) is 11.2. The molecule has 0 amide bonds. The molecule has 1 rings (SSSR count). The first-order valence-electron chi connectivity index (χ1n) is 5.75. The maximum Gasteiger partial charge on any atom is 0.0827 e. The molecule has 0 radical (unpaired) electrons. The summed E-state index contributed by atoms with van der Waals surface area (Å²) in [5.74, 6) is 1.41. The van der Waals surface area contributed by atoms with Gasteiger partial charge < -0.3 is 0 Å². The first-order valence-corrected chi connectivity index (χ1v) is 6.28. The van der Waals surface area contributed by atoms with Crippen molar-refractivity contribution < 1.29 is 0 Å². The van der Waals surface area contributed by atoms with Gasteiger partial charge in [-0.25, -0.2) is 0 Å². The van der Waals surface area contributed by atoms with Crippen molar-refractivity contribution in [1.82, 2.24) is 15.0 Å².